The summed E-state index contributed by atoms with van der Waals surface area (Å²) in [6, 6.07) is 9.16. The third-order valence-corrected chi connectivity index (χ3v) is 7.46. The maximum absolute atomic E-state index is 13.6. The monoisotopic (exact) mass is 550 g/mol. The molecule has 5 rings (SSSR count). The van der Waals surface area contributed by atoms with Gasteiger partial charge in [-0.25, -0.2) is 0 Å². The van der Waals surface area contributed by atoms with Gasteiger partial charge in [-0.2, -0.15) is 23.3 Å². The number of halogens is 4. The van der Waals surface area contributed by atoms with E-state index in [2.05, 4.69) is 10.1 Å². The van der Waals surface area contributed by atoms with E-state index in [0.717, 1.165) is 17.0 Å². The summed E-state index contributed by atoms with van der Waals surface area (Å²) in [4.78, 5) is 19.1. The molecule has 194 valence electrons. The normalized spacial score (nSPS) is 19.8. The molecule has 0 bridgehead atoms. The quantitative estimate of drug-likeness (QED) is 0.473. The van der Waals surface area contributed by atoms with Gasteiger partial charge < -0.3 is 14.7 Å². The van der Waals surface area contributed by atoms with Crippen LogP contribution in [0.5, 0.6) is 0 Å². The number of fused-ring (bicyclic) bond motifs is 1. The third kappa shape index (κ3) is 5.40. The van der Waals surface area contributed by atoms with E-state index in [1.54, 1.807) is 25.1 Å². The summed E-state index contributed by atoms with van der Waals surface area (Å²) in [7, 11) is 0. The lowest BCUT2D eigenvalue weighted by atomic mass is 10.1. The van der Waals surface area contributed by atoms with Crippen LogP contribution in [0.25, 0.3) is 17.0 Å². The van der Waals surface area contributed by atoms with Crippen molar-refractivity contribution in [3.63, 3.8) is 0 Å². The molecule has 2 aliphatic heterocycles. The number of aryl methyl sites for hydroxylation is 1. The fourth-order valence-electron chi connectivity index (χ4n) is 4.37. The Kier molecular flexibility index (Phi) is 7.06. The zero-order valence-electron chi connectivity index (χ0n) is 19.6. The van der Waals surface area contributed by atoms with Gasteiger partial charge in [0.25, 0.3) is 5.91 Å². The number of aliphatic hydroxyl groups excluding tert-OH is 1. The Morgan fingerprint density at radius 1 is 1.27 bits per heavy atom. The van der Waals surface area contributed by atoms with Crippen molar-refractivity contribution in [2.45, 2.75) is 25.7 Å². The Bertz CT molecular complexity index is 1440. The number of alkyl halides is 3. The van der Waals surface area contributed by atoms with Crippen LogP contribution >= 0.6 is 23.4 Å². The first-order chi connectivity index (χ1) is 17.6. The molecule has 2 aromatic carbocycles. The SMILES string of the molecule is Cc1nn(Cc2ccc(Cl)cc2C(F)(F)F)c2ccc(/C=C3\SC(N4CCO[C@H](CO)C4)=NC3=O)cc12. The number of morpholine rings is 1. The number of amidine groups is 1. The number of nitrogens with zero attached hydrogens (tertiary/aromatic N) is 4. The Labute approximate surface area is 219 Å². The van der Waals surface area contributed by atoms with Crippen LogP contribution in [0, 0.1) is 6.92 Å². The number of thioether (sulfide) groups is 1. The predicted octanol–water partition coefficient (Wildman–Crippen LogP) is 4.73. The van der Waals surface area contributed by atoms with Gasteiger partial charge in [0.2, 0.25) is 0 Å². The number of benzene rings is 2. The average molecular weight is 551 g/mol. The minimum absolute atomic E-state index is 0.0172. The van der Waals surface area contributed by atoms with Crippen LogP contribution in [0.15, 0.2) is 46.3 Å². The molecule has 3 heterocycles. The molecule has 1 amide bonds. The van der Waals surface area contributed by atoms with E-state index in [1.807, 2.05) is 11.0 Å². The minimum atomic E-state index is -4.54. The van der Waals surface area contributed by atoms with Crippen LogP contribution in [0.3, 0.4) is 0 Å². The highest BCUT2D eigenvalue weighted by atomic mass is 35.5. The van der Waals surface area contributed by atoms with Gasteiger partial charge in [-0.05, 0) is 60.2 Å². The minimum Gasteiger partial charge on any atom is -0.394 e. The van der Waals surface area contributed by atoms with Crippen LogP contribution in [-0.4, -0.2) is 63.3 Å². The second-order valence-corrected chi connectivity index (χ2v) is 10.2. The van der Waals surface area contributed by atoms with Crippen molar-refractivity contribution in [1.29, 1.82) is 0 Å². The molecular weight excluding hydrogens is 529 g/mol. The van der Waals surface area contributed by atoms with Crippen LogP contribution in [-0.2, 0) is 22.3 Å². The number of carbonyl (C=O) groups is 1. The van der Waals surface area contributed by atoms with E-state index in [4.69, 9.17) is 16.3 Å². The van der Waals surface area contributed by atoms with Gasteiger partial charge in [0, 0.05) is 23.5 Å². The molecule has 1 atom stereocenters. The number of aromatic nitrogens is 2. The largest absolute Gasteiger partial charge is 0.416 e. The van der Waals surface area contributed by atoms with E-state index < -0.39 is 11.7 Å². The van der Waals surface area contributed by atoms with Gasteiger partial charge in [0.05, 0.1) is 47.5 Å². The van der Waals surface area contributed by atoms with Crippen molar-refractivity contribution < 1.29 is 27.8 Å². The lowest BCUT2D eigenvalue weighted by Gasteiger charge is -2.32. The maximum atomic E-state index is 13.6. The standard InChI is InChI=1S/C25H22ClF3N4O3S/c1-14-19-8-15(9-22-23(35)30-24(37-22)32-6-7-36-18(12-32)13-34)2-5-21(19)33(31-14)11-16-3-4-17(26)10-20(16)25(27,28)29/h2-5,8-10,18,34H,6-7,11-13H2,1H3/b22-9-/t18-/m0/s1. The molecule has 0 saturated carbocycles. The smallest absolute Gasteiger partial charge is 0.394 e. The van der Waals surface area contributed by atoms with Gasteiger partial charge in [-0.3, -0.25) is 9.48 Å². The van der Waals surface area contributed by atoms with Gasteiger partial charge in [0.1, 0.15) is 0 Å². The molecule has 0 spiro atoms. The molecule has 2 aliphatic rings. The number of hydrogen-bond donors (Lipinski definition) is 1. The van der Waals surface area contributed by atoms with Crippen LogP contribution < -0.4 is 0 Å². The molecule has 1 aromatic heterocycles. The third-order valence-electron chi connectivity index (χ3n) is 6.18. The first-order valence-electron chi connectivity index (χ1n) is 11.4. The van der Waals surface area contributed by atoms with Gasteiger partial charge >= 0.3 is 6.18 Å². The fraction of sp³-hybridized carbons (Fsp3) is 0.320. The van der Waals surface area contributed by atoms with Crippen molar-refractivity contribution in [2.75, 3.05) is 26.3 Å². The molecule has 1 N–H and O–H groups in total. The number of hydrogen-bond acceptors (Lipinski definition) is 6. The Hall–Kier alpha value is -2.86. The van der Waals surface area contributed by atoms with Crippen molar-refractivity contribution in [3.8, 4) is 0 Å². The van der Waals surface area contributed by atoms with Crippen LogP contribution in [0.2, 0.25) is 5.02 Å². The summed E-state index contributed by atoms with van der Waals surface area (Å²) in [5.41, 5.74) is 1.36. The van der Waals surface area contributed by atoms with Crippen molar-refractivity contribution in [1.82, 2.24) is 14.7 Å². The van der Waals surface area contributed by atoms with Crippen molar-refractivity contribution in [2.24, 2.45) is 4.99 Å². The number of aliphatic hydroxyl groups is 1. The van der Waals surface area contributed by atoms with Gasteiger partial charge in [-0.15, -0.1) is 0 Å². The zero-order valence-corrected chi connectivity index (χ0v) is 21.2. The zero-order chi connectivity index (χ0) is 26.3. The molecule has 1 saturated heterocycles. The second-order valence-electron chi connectivity index (χ2n) is 8.75. The predicted molar refractivity (Wildman–Crippen MR) is 136 cm³/mol. The first kappa shape index (κ1) is 25.8. The lowest BCUT2D eigenvalue weighted by molar-refractivity contribution is -0.138. The highest BCUT2D eigenvalue weighted by molar-refractivity contribution is 8.18. The molecule has 0 radical (unpaired) electrons. The van der Waals surface area contributed by atoms with Gasteiger partial charge in [-0.1, -0.05) is 23.7 Å². The Morgan fingerprint density at radius 3 is 2.84 bits per heavy atom. The highest BCUT2D eigenvalue weighted by Crippen LogP contribution is 2.35. The van der Waals surface area contributed by atoms with E-state index in [1.165, 1.54) is 28.6 Å². The molecule has 0 aliphatic carbocycles. The fourth-order valence-corrected chi connectivity index (χ4v) is 5.49. The molecule has 12 heteroatoms. The molecule has 37 heavy (non-hydrogen) atoms. The lowest BCUT2D eigenvalue weighted by Crippen LogP contribution is -2.45. The number of carbonyl (C=O) groups excluding carboxylic acids is 1. The molecule has 7 nitrogen and oxygen atoms in total. The topological polar surface area (TPSA) is 80.0 Å². The number of ether oxygens (including phenoxy) is 1. The maximum Gasteiger partial charge on any atom is 0.416 e. The summed E-state index contributed by atoms with van der Waals surface area (Å²) < 4.78 is 47.7. The van der Waals surface area contributed by atoms with Crippen LogP contribution in [0.4, 0.5) is 13.2 Å². The van der Waals surface area contributed by atoms with E-state index >= 15 is 0 Å². The van der Waals surface area contributed by atoms with Gasteiger partial charge in [0.15, 0.2) is 5.17 Å². The highest BCUT2D eigenvalue weighted by Gasteiger charge is 2.34. The number of rotatable bonds is 4. The first-order valence-corrected chi connectivity index (χ1v) is 12.6. The average Bonchev–Trinajstić information content (AvgIpc) is 3.38. The van der Waals surface area contributed by atoms with Crippen molar-refractivity contribution >= 4 is 51.4 Å². The summed E-state index contributed by atoms with van der Waals surface area (Å²) >= 11 is 7.08. The van der Waals surface area contributed by atoms with E-state index in [0.29, 0.717) is 41.0 Å². The summed E-state index contributed by atoms with van der Waals surface area (Å²) in [6.45, 7) is 3.09. The Morgan fingerprint density at radius 2 is 2.08 bits per heavy atom. The summed E-state index contributed by atoms with van der Waals surface area (Å²) in [6.07, 6.45) is -3.11. The molecule has 0 unspecified atom stereocenters. The molecular formula is C25H22ClF3N4O3S. The number of aliphatic imine (C=N–C) groups is 1. The molecule has 1 fully saturated rings. The summed E-state index contributed by atoms with van der Waals surface area (Å²) in [5, 5.41) is 15.2. The van der Waals surface area contributed by atoms with Crippen molar-refractivity contribution in [3.05, 3.63) is 68.7 Å². The van der Waals surface area contributed by atoms with E-state index in [9.17, 15) is 23.1 Å². The van der Waals surface area contributed by atoms with Crippen LogP contribution in [0.1, 0.15) is 22.4 Å². The summed E-state index contributed by atoms with van der Waals surface area (Å²) in [5.74, 6) is -0.345. The second kappa shape index (κ2) is 10.1. The molecule has 3 aromatic rings. The van der Waals surface area contributed by atoms with E-state index in [-0.39, 0.29) is 35.7 Å². The Balaban J connectivity index is 1.39. The number of amides is 1.